The third-order valence-electron chi connectivity index (χ3n) is 6.53. The van der Waals surface area contributed by atoms with Crippen molar-refractivity contribution in [3.8, 4) is 0 Å². The fourth-order valence-corrected chi connectivity index (χ4v) is 7.71. The molecule has 2 aliphatic heterocycles. The maximum Gasteiger partial charge on any atom is 0.252 e. The van der Waals surface area contributed by atoms with Gasteiger partial charge < -0.3 is 14.7 Å². The topological polar surface area (TPSA) is 92.5 Å². The van der Waals surface area contributed by atoms with Crippen molar-refractivity contribution in [2.75, 3.05) is 31.9 Å². The standard InChI is InChI=1S/C23H26FN3O4S2/c24-16-4-5-17-19(13-16)31-26-22(17)15-6-10-27(11-7-15)9-2-12-33(29,30)21-14-18-20(32-21)3-1-8-25-23(18)28/h4-5,13-15H,1-3,6-12H2,(H,25,28). The van der Waals surface area contributed by atoms with Crippen LogP contribution in [0.5, 0.6) is 0 Å². The van der Waals surface area contributed by atoms with Crippen LogP contribution in [0, 0.1) is 5.82 Å². The zero-order valence-corrected chi connectivity index (χ0v) is 19.8. The maximum atomic E-state index is 13.4. The van der Waals surface area contributed by atoms with Gasteiger partial charge >= 0.3 is 0 Å². The molecule has 7 nitrogen and oxygen atoms in total. The van der Waals surface area contributed by atoms with E-state index in [1.54, 1.807) is 12.1 Å². The number of rotatable bonds is 6. The molecule has 0 radical (unpaired) electrons. The number of amides is 1. The Labute approximate surface area is 195 Å². The minimum Gasteiger partial charge on any atom is -0.356 e. The van der Waals surface area contributed by atoms with Crippen LogP contribution in [0.2, 0.25) is 0 Å². The van der Waals surface area contributed by atoms with E-state index in [4.69, 9.17) is 4.52 Å². The van der Waals surface area contributed by atoms with Crippen molar-refractivity contribution in [3.05, 3.63) is 46.2 Å². The van der Waals surface area contributed by atoms with E-state index in [0.717, 1.165) is 54.7 Å². The lowest BCUT2D eigenvalue weighted by Crippen LogP contribution is -2.34. The highest BCUT2D eigenvalue weighted by atomic mass is 32.2. The fraction of sp³-hybridized carbons (Fsp3) is 0.478. The molecule has 0 unspecified atom stereocenters. The number of hydrogen-bond acceptors (Lipinski definition) is 7. The zero-order chi connectivity index (χ0) is 23.0. The van der Waals surface area contributed by atoms with E-state index >= 15 is 0 Å². The van der Waals surface area contributed by atoms with Crippen LogP contribution < -0.4 is 5.32 Å². The molecule has 1 N–H and O–H groups in total. The summed E-state index contributed by atoms with van der Waals surface area (Å²) in [5.74, 6) is -0.179. The number of hydrogen-bond donors (Lipinski definition) is 1. The molecule has 0 spiro atoms. The summed E-state index contributed by atoms with van der Waals surface area (Å²) >= 11 is 1.24. The number of nitrogens with zero attached hydrogens (tertiary/aromatic N) is 2. The molecule has 1 aromatic carbocycles. The molecular weight excluding hydrogens is 465 g/mol. The Hall–Kier alpha value is -2.30. The predicted molar refractivity (Wildman–Crippen MR) is 124 cm³/mol. The van der Waals surface area contributed by atoms with Gasteiger partial charge in [-0.3, -0.25) is 4.79 Å². The van der Waals surface area contributed by atoms with Gasteiger partial charge in [-0.05, 0) is 69.9 Å². The van der Waals surface area contributed by atoms with Crippen LogP contribution in [0.15, 0.2) is 33.0 Å². The second kappa shape index (κ2) is 9.15. The zero-order valence-electron chi connectivity index (χ0n) is 18.2. The molecule has 1 fully saturated rings. The number of carbonyl (C=O) groups excluding carboxylic acids is 1. The van der Waals surface area contributed by atoms with Gasteiger partial charge in [-0.15, -0.1) is 11.3 Å². The second-order valence-electron chi connectivity index (χ2n) is 8.76. The number of nitrogens with one attached hydrogen (secondary N) is 1. The number of thiophene rings is 1. The Kier molecular flexibility index (Phi) is 6.24. The second-order valence-corrected chi connectivity index (χ2v) is 12.2. The van der Waals surface area contributed by atoms with Crippen molar-refractivity contribution < 1.29 is 22.1 Å². The Morgan fingerprint density at radius 3 is 2.88 bits per heavy atom. The van der Waals surface area contributed by atoms with Crippen LogP contribution in [0.3, 0.4) is 0 Å². The summed E-state index contributed by atoms with van der Waals surface area (Å²) < 4.78 is 44.7. The molecule has 0 bridgehead atoms. The van der Waals surface area contributed by atoms with E-state index in [1.807, 2.05) is 0 Å². The molecule has 4 heterocycles. The van der Waals surface area contributed by atoms with Crippen LogP contribution >= 0.6 is 11.3 Å². The highest BCUT2D eigenvalue weighted by Crippen LogP contribution is 2.33. The molecule has 0 saturated carbocycles. The van der Waals surface area contributed by atoms with Crippen molar-refractivity contribution in [2.24, 2.45) is 0 Å². The van der Waals surface area contributed by atoms with Gasteiger partial charge in [-0.25, -0.2) is 12.8 Å². The highest BCUT2D eigenvalue weighted by Gasteiger charge is 2.27. The summed E-state index contributed by atoms with van der Waals surface area (Å²) in [7, 11) is -3.41. The molecule has 0 aliphatic carbocycles. The average Bonchev–Trinajstić information content (AvgIpc) is 3.37. The molecule has 2 aromatic heterocycles. The molecule has 10 heteroatoms. The number of aromatic nitrogens is 1. The van der Waals surface area contributed by atoms with Gasteiger partial charge in [0.15, 0.2) is 15.4 Å². The van der Waals surface area contributed by atoms with E-state index < -0.39 is 9.84 Å². The van der Waals surface area contributed by atoms with Gasteiger partial charge in [0.2, 0.25) is 0 Å². The number of benzene rings is 1. The molecule has 1 saturated heterocycles. The number of piperidine rings is 1. The largest absolute Gasteiger partial charge is 0.356 e. The monoisotopic (exact) mass is 491 g/mol. The molecule has 2 aliphatic rings. The quantitative estimate of drug-likeness (QED) is 0.565. The van der Waals surface area contributed by atoms with Crippen LogP contribution in [-0.2, 0) is 16.3 Å². The highest BCUT2D eigenvalue weighted by molar-refractivity contribution is 7.93. The van der Waals surface area contributed by atoms with E-state index in [9.17, 15) is 17.6 Å². The molecule has 176 valence electrons. The van der Waals surface area contributed by atoms with Gasteiger partial charge in [-0.1, -0.05) is 5.16 Å². The van der Waals surface area contributed by atoms with Crippen LogP contribution in [-0.4, -0.2) is 56.3 Å². The minimum absolute atomic E-state index is 0.0768. The molecule has 0 atom stereocenters. The van der Waals surface area contributed by atoms with Crippen molar-refractivity contribution in [1.82, 2.24) is 15.4 Å². The van der Waals surface area contributed by atoms with Gasteiger partial charge in [0.25, 0.3) is 5.91 Å². The van der Waals surface area contributed by atoms with Gasteiger partial charge in [0, 0.05) is 28.8 Å². The third-order valence-corrected chi connectivity index (χ3v) is 10.1. The Bertz CT molecular complexity index is 1280. The first-order chi connectivity index (χ1) is 15.9. The van der Waals surface area contributed by atoms with Crippen LogP contribution in [0.25, 0.3) is 11.0 Å². The van der Waals surface area contributed by atoms with Crippen molar-refractivity contribution in [3.63, 3.8) is 0 Å². The normalized spacial score (nSPS) is 18.3. The summed E-state index contributed by atoms with van der Waals surface area (Å²) in [6.07, 6.45) is 3.92. The summed E-state index contributed by atoms with van der Waals surface area (Å²) in [5, 5.41) is 7.87. The molecular formula is C23H26FN3O4S2. The Morgan fingerprint density at radius 2 is 2.06 bits per heavy atom. The molecule has 5 rings (SSSR count). The fourth-order valence-electron chi connectivity index (χ4n) is 4.72. The van der Waals surface area contributed by atoms with E-state index in [1.165, 1.54) is 23.5 Å². The van der Waals surface area contributed by atoms with Gasteiger partial charge in [0.05, 0.1) is 17.0 Å². The summed E-state index contributed by atoms with van der Waals surface area (Å²) in [6.45, 7) is 3.05. The van der Waals surface area contributed by atoms with Crippen LogP contribution in [0.4, 0.5) is 4.39 Å². The average molecular weight is 492 g/mol. The molecule has 33 heavy (non-hydrogen) atoms. The molecule has 1 amide bonds. The summed E-state index contributed by atoms with van der Waals surface area (Å²) in [5.41, 5.74) is 1.87. The SMILES string of the molecule is O=C1NCCCc2sc(S(=O)(=O)CCCN3CCC(c4noc5cc(F)ccc45)CC3)cc21. The van der Waals surface area contributed by atoms with E-state index in [2.05, 4.69) is 15.4 Å². The van der Waals surface area contributed by atoms with Crippen molar-refractivity contribution in [1.29, 1.82) is 0 Å². The first-order valence-corrected chi connectivity index (χ1v) is 13.8. The van der Waals surface area contributed by atoms with Gasteiger partial charge in [0.1, 0.15) is 10.0 Å². The van der Waals surface area contributed by atoms with E-state index in [-0.39, 0.29) is 23.4 Å². The number of likely N-dealkylation sites (tertiary alicyclic amines) is 1. The smallest absolute Gasteiger partial charge is 0.252 e. The number of sulfone groups is 1. The Morgan fingerprint density at radius 1 is 1.24 bits per heavy atom. The Balaban J connectivity index is 1.15. The summed E-state index contributed by atoms with van der Waals surface area (Å²) in [4.78, 5) is 15.3. The number of halogens is 1. The minimum atomic E-state index is -3.41. The van der Waals surface area contributed by atoms with E-state index in [0.29, 0.717) is 34.9 Å². The lowest BCUT2D eigenvalue weighted by atomic mass is 9.91. The van der Waals surface area contributed by atoms with Crippen molar-refractivity contribution in [2.45, 2.75) is 42.2 Å². The number of carbonyl (C=O) groups is 1. The van der Waals surface area contributed by atoms with Crippen molar-refractivity contribution >= 4 is 38.1 Å². The van der Waals surface area contributed by atoms with Crippen LogP contribution in [0.1, 0.15) is 52.5 Å². The maximum absolute atomic E-state index is 13.4. The third kappa shape index (κ3) is 4.69. The molecule has 3 aromatic rings. The number of fused-ring (bicyclic) bond motifs is 2. The number of aryl methyl sites for hydroxylation is 1. The van der Waals surface area contributed by atoms with Gasteiger partial charge in [-0.2, -0.15) is 0 Å². The lowest BCUT2D eigenvalue weighted by Gasteiger charge is -2.31. The summed E-state index contributed by atoms with van der Waals surface area (Å²) in [6, 6.07) is 6.06. The predicted octanol–water partition coefficient (Wildman–Crippen LogP) is 3.75. The lowest BCUT2D eigenvalue weighted by molar-refractivity contribution is 0.0956. The first kappa shape index (κ1) is 22.5. The first-order valence-electron chi connectivity index (χ1n) is 11.3.